The number of amides is 1. The van der Waals surface area contributed by atoms with Crippen molar-refractivity contribution < 1.29 is 17.9 Å². The predicted octanol–water partition coefficient (Wildman–Crippen LogP) is 1.98. The lowest BCUT2D eigenvalue weighted by atomic mass is 10.1. The van der Waals surface area contributed by atoms with E-state index in [0.717, 1.165) is 31.7 Å². The molecule has 1 aliphatic heterocycles. The van der Waals surface area contributed by atoms with Gasteiger partial charge in [-0.25, -0.2) is 18.5 Å². The van der Waals surface area contributed by atoms with Gasteiger partial charge in [0, 0.05) is 13.1 Å². The molecule has 9 heteroatoms. The summed E-state index contributed by atoms with van der Waals surface area (Å²) in [7, 11) is -2.53. The quantitative estimate of drug-likeness (QED) is 0.807. The van der Waals surface area contributed by atoms with Crippen molar-refractivity contribution in [2.24, 2.45) is 5.14 Å². The second-order valence-electron chi connectivity index (χ2n) is 6.31. The molecule has 1 fully saturated rings. The molecule has 27 heavy (non-hydrogen) atoms. The maximum Gasteiger partial charge on any atom is 0.259 e. The molecule has 1 aromatic carbocycles. The Morgan fingerprint density at radius 2 is 1.93 bits per heavy atom. The fourth-order valence-corrected chi connectivity index (χ4v) is 3.55. The van der Waals surface area contributed by atoms with Crippen LogP contribution in [0.25, 0.3) is 0 Å². The first-order valence-corrected chi connectivity index (χ1v) is 10.2. The molecule has 1 amide bonds. The van der Waals surface area contributed by atoms with Crippen molar-refractivity contribution in [1.82, 2.24) is 4.98 Å². The Bertz CT molecular complexity index is 923. The number of ether oxygens (including phenoxy) is 1. The van der Waals surface area contributed by atoms with Crippen LogP contribution in [-0.4, -0.2) is 39.5 Å². The molecule has 3 N–H and O–H groups in total. The molecule has 1 aliphatic rings. The van der Waals surface area contributed by atoms with Crippen molar-refractivity contribution in [2.45, 2.75) is 24.2 Å². The number of benzene rings is 1. The highest BCUT2D eigenvalue weighted by Gasteiger charge is 2.18. The number of hydrogen-bond acceptors (Lipinski definition) is 6. The van der Waals surface area contributed by atoms with Crippen LogP contribution in [0.15, 0.2) is 41.4 Å². The van der Waals surface area contributed by atoms with Crippen molar-refractivity contribution in [3.63, 3.8) is 0 Å². The Kier molecular flexibility index (Phi) is 5.62. The highest BCUT2D eigenvalue weighted by atomic mass is 32.2. The minimum absolute atomic E-state index is 0.0733. The summed E-state index contributed by atoms with van der Waals surface area (Å²) in [6, 6.07) is 7.51. The fraction of sp³-hybridized carbons (Fsp3) is 0.333. The summed E-state index contributed by atoms with van der Waals surface area (Å²) in [6.45, 7) is 1.96. The molecule has 3 rings (SSSR count). The van der Waals surface area contributed by atoms with E-state index in [-0.39, 0.29) is 16.2 Å². The highest BCUT2D eigenvalue weighted by molar-refractivity contribution is 7.89. The zero-order valence-corrected chi connectivity index (χ0v) is 15.8. The summed E-state index contributed by atoms with van der Waals surface area (Å²) in [6.07, 6.45) is 5.13. The molecule has 0 radical (unpaired) electrons. The van der Waals surface area contributed by atoms with Crippen LogP contribution >= 0.6 is 0 Å². The maximum atomic E-state index is 12.6. The van der Waals surface area contributed by atoms with E-state index in [9.17, 15) is 13.2 Å². The van der Waals surface area contributed by atoms with Gasteiger partial charge < -0.3 is 15.0 Å². The molecule has 0 atom stereocenters. The topological polar surface area (TPSA) is 115 Å². The molecule has 0 saturated carbocycles. The van der Waals surface area contributed by atoms with Gasteiger partial charge in [-0.15, -0.1) is 0 Å². The fourth-order valence-electron chi connectivity index (χ4n) is 3.01. The molecule has 2 heterocycles. The number of piperidine rings is 1. The third-order valence-electron chi connectivity index (χ3n) is 4.43. The van der Waals surface area contributed by atoms with E-state index in [1.54, 1.807) is 12.3 Å². The van der Waals surface area contributed by atoms with Crippen molar-refractivity contribution in [1.29, 1.82) is 0 Å². The molecular formula is C18H22N4O4S. The lowest BCUT2D eigenvalue weighted by Crippen LogP contribution is -2.30. The number of nitrogens with one attached hydrogen (secondary N) is 1. The number of anilines is 2. The number of hydrogen-bond donors (Lipinski definition) is 2. The van der Waals surface area contributed by atoms with Crippen LogP contribution in [0.4, 0.5) is 11.5 Å². The first-order valence-electron chi connectivity index (χ1n) is 8.61. The number of sulfonamides is 1. The molecule has 144 valence electrons. The van der Waals surface area contributed by atoms with Gasteiger partial charge in [-0.05, 0) is 49.6 Å². The van der Waals surface area contributed by atoms with Crippen LogP contribution in [0.1, 0.15) is 29.6 Å². The van der Waals surface area contributed by atoms with Crippen LogP contribution in [0.2, 0.25) is 0 Å². The number of carbonyl (C=O) groups excluding carboxylic acids is 1. The monoisotopic (exact) mass is 390 g/mol. The number of aromatic nitrogens is 1. The van der Waals surface area contributed by atoms with E-state index in [0.29, 0.717) is 5.69 Å². The standard InChI is InChI=1S/C18H22N4O4S/c1-26-16-7-6-14(27(19,24)25)11-15(16)18(23)21-13-5-8-17(20-12-13)22-9-3-2-4-10-22/h5-8,11-12H,2-4,9-10H2,1H3,(H,21,23)(H2,19,24,25). The van der Waals surface area contributed by atoms with E-state index < -0.39 is 15.9 Å². The molecular weight excluding hydrogens is 368 g/mol. The normalized spacial score (nSPS) is 14.7. The molecule has 8 nitrogen and oxygen atoms in total. The average Bonchev–Trinajstić information content (AvgIpc) is 2.68. The zero-order valence-electron chi connectivity index (χ0n) is 15.0. The van der Waals surface area contributed by atoms with Crippen LogP contribution in [0, 0.1) is 0 Å². The van der Waals surface area contributed by atoms with Crippen LogP contribution in [-0.2, 0) is 10.0 Å². The van der Waals surface area contributed by atoms with Gasteiger partial charge in [-0.1, -0.05) is 0 Å². The van der Waals surface area contributed by atoms with Gasteiger partial charge in [0.15, 0.2) is 0 Å². The van der Waals surface area contributed by atoms with Gasteiger partial charge in [0.2, 0.25) is 10.0 Å². The lowest BCUT2D eigenvalue weighted by molar-refractivity contribution is 0.102. The molecule has 0 bridgehead atoms. The number of primary sulfonamides is 1. The van der Waals surface area contributed by atoms with Gasteiger partial charge in [0.1, 0.15) is 11.6 Å². The van der Waals surface area contributed by atoms with E-state index >= 15 is 0 Å². The number of pyridine rings is 1. The Balaban J connectivity index is 1.78. The van der Waals surface area contributed by atoms with E-state index in [2.05, 4.69) is 15.2 Å². The summed E-state index contributed by atoms with van der Waals surface area (Å²) in [4.78, 5) is 19.1. The maximum absolute atomic E-state index is 12.6. The Morgan fingerprint density at radius 3 is 2.52 bits per heavy atom. The molecule has 0 aliphatic carbocycles. The number of nitrogens with two attached hydrogens (primary N) is 1. The largest absolute Gasteiger partial charge is 0.496 e. The van der Waals surface area contributed by atoms with Crippen LogP contribution in [0.5, 0.6) is 5.75 Å². The molecule has 2 aromatic rings. The number of methoxy groups -OCH3 is 1. The summed E-state index contributed by atoms with van der Waals surface area (Å²) in [5, 5.41) is 7.85. The second kappa shape index (κ2) is 7.93. The smallest absolute Gasteiger partial charge is 0.259 e. The summed E-state index contributed by atoms with van der Waals surface area (Å²) < 4.78 is 28.2. The van der Waals surface area contributed by atoms with Gasteiger partial charge in [0.05, 0.1) is 29.5 Å². The third-order valence-corrected chi connectivity index (χ3v) is 5.34. The minimum atomic E-state index is -3.93. The molecule has 0 unspecified atom stereocenters. The number of rotatable bonds is 5. The summed E-state index contributed by atoms with van der Waals surface area (Å²) >= 11 is 0. The van der Waals surface area contributed by atoms with Gasteiger partial charge >= 0.3 is 0 Å². The predicted molar refractivity (Wildman–Crippen MR) is 103 cm³/mol. The van der Waals surface area contributed by atoms with Crippen molar-refractivity contribution >= 4 is 27.4 Å². The Morgan fingerprint density at radius 1 is 1.19 bits per heavy atom. The van der Waals surface area contributed by atoms with E-state index in [4.69, 9.17) is 9.88 Å². The van der Waals surface area contributed by atoms with Gasteiger partial charge in [-0.3, -0.25) is 4.79 Å². The summed E-state index contributed by atoms with van der Waals surface area (Å²) in [5.41, 5.74) is 0.577. The van der Waals surface area contributed by atoms with Crippen molar-refractivity contribution in [2.75, 3.05) is 30.4 Å². The zero-order chi connectivity index (χ0) is 19.4. The van der Waals surface area contributed by atoms with Gasteiger partial charge in [-0.2, -0.15) is 0 Å². The van der Waals surface area contributed by atoms with E-state index in [1.165, 1.54) is 31.7 Å². The minimum Gasteiger partial charge on any atom is -0.496 e. The third kappa shape index (κ3) is 4.55. The number of carbonyl (C=O) groups is 1. The van der Waals surface area contributed by atoms with Gasteiger partial charge in [0.25, 0.3) is 5.91 Å². The SMILES string of the molecule is COc1ccc(S(N)(=O)=O)cc1C(=O)Nc1ccc(N2CCCCC2)nc1. The summed E-state index contributed by atoms with van der Waals surface area (Å²) in [5.74, 6) is 0.615. The second-order valence-corrected chi connectivity index (χ2v) is 7.88. The highest BCUT2D eigenvalue weighted by Crippen LogP contribution is 2.24. The first kappa shape index (κ1) is 19.1. The Labute approximate surface area is 158 Å². The van der Waals surface area contributed by atoms with Crippen molar-refractivity contribution in [3.8, 4) is 5.75 Å². The van der Waals surface area contributed by atoms with Crippen molar-refractivity contribution in [3.05, 3.63) is 42.1 Å². The van der Waals surface area contributed by atoms with E-state index in [1.807, 2.05) is 6.07 Å². The number of nitrogens with zero attached hydrogens (tertiary/aromatic N) is 2. The molecule has 1 saturated heterocycles. The molecule has 0 spiro atoms. The first-order chi connectivity index (χ1) is 12.9. The van der Waals surface area contributed by atoms with Crippen LogP contribution in [0.3, 0.4) is 0 Å². The van der Waals surface area contributed by atoms with Crippen LogP contribution < -0.4 is 20.1 Å². The average molecular weight is 390 g/mol. The lowest BCUT2D eigenvalue weighted by Gasteiger charge is -2.27. The molecule has 1 aromatic heterocycles. The Hall–Kier alpha value is -2.65.